The van der Waals surface area contributed by atoms with Crippen molar-refractivity contribution < 1.29 is 9.53 Å². The van der Waals surface area contributed by atoms with E-state index in [0.717, 1.165) is 24.8 Å². The second-order valence-electron chi connectivity index (χ2n) is 7.08. The maximum Gasteiger partial charge on any atom is 0.311 e. The van der Waals surface area contributed by atoms with Gasteiger partial charge >= 0.3 is 5.97 Å². The fourth-order valence-electron chi connectivity index (χ4n) is 3.31. The van der Waals surface area contributed by atoms with Gasteiger partial charge in [0.1, 0.15) is 0 Å². The average molecular weight is 286 g/mol. The number of esters is 1. The van der Waals surface area contributed by atoms with E-state index in [4.69, 9.17) is 11.2 Å². The summed E-state index contributed by atoms with van der Waals surface area (Å²) in [5.74, 6) is 2.71. The molecule has 0 heterocycles. The second kappa shape index (κ2) is 6.10. The number of carbonyl (C=O) groups excluding carboxylic acids is 1. The third-order valence-corrected chi connectivity index (χ3v) is 4.73. The van der Waals surface area contributed by atoms with E-state index in [9.17, 15) is 4.79 Å². The fourth-order valence-corrected chi connectivity index (χ4v) is 3.31. The molecule has 3 unspecified atom stereocenters. The lowest BCUT2D eigenvalue weighted by Gasteiger charge is -2.19. The van der Waals surface area contributed by atoms with Crippen molar-refractivity contribution in [1.82, 2.24) is 0 Å². The summed E-state index contributed by atoms with van der Waals surface area (Å²) in [4.78, 5) is 12.5. The van der Waals surface area contributed by atoms with Crippen LogP contribution in [0.3, 0.4) is 0 Å². The predicted octanol–water partition coefficient (Wildman–Crippen LogP) is 4.27. The summed E-state index contributed by atoms with van der Waals surface area (Å²) in [5.41, 5.74) is 2.33. The first kappa shape index (κ1) is 15.9. The largest absolute Gasteiger partial charge is 0.444 e. The van der Waals surface area contributed by atoms with Crippen LogP contribution in [0.2, 0.25) is 0 Å². The Morgan fingerprint density at radius 1 is 1.48 bits per heavy atom. The highest BCUT2D eigenvalue weighted by Gasteiger charge is 2.61. The lowest BCUT2D eigenvalue weighted by molar-refractivity contribution is -0.147. The summed E-state index contributed by atoms with van der Waals surface area (Å²) in [5, 5.41) is 0. The summed E-state index contributed by atoms with van der Waals surface area (Å²) in [6, 6.07) is 0. The van der Waals surface area contributed by atoms with Crippen molar-refractivity contribution in [1.29, 1.82) is 0 Å². The molecule has 0 radical (unpaired) electrons. The number of rotatable bonds is 4. The molecule has 3 atom stereocenters. The van der Waals surface area contributed by atoms with E-state index >= 15 is 0 Å². The van der Waals surface area contributed by atoms with Crippen LogP contribution in [0.25, 0.3) is 0 Å². The predicted molar refractivity (Wildman–Crippen MR) is 85.5 cm³/mol. The van der Waals surface area contributed by atoms with Crippen molar-refractivity contribution in [2.75, 3.05) is 0 Å². The minimum absolute atomic E-state index is 0.0194. The molecule has 0 amide bonds. The number of allylic oxidation sites excluding steroid dienone is 3. The minimum atomic E-state index is -0.471. The van der Waals surface area contributed by atoms with Gasteiger partial charge in [0.15, 0.2) is 6.10 Å². The summed E-state index contributed by atoms with van der Waals surface area (Å²) in [6.45, 7) is 8.36. The van der Waals surface area contributed by atoms with Crippen molar-refractivity contribution in [2.24, 2.45) is 17.3 Å². The van der Waals surface area contributed by atoms with Gasteiger partial charge in [0.2, 0.25) is 0 Å². The highest BCUT2D eigenvalue weighted by Crippen LogP contribution is 2.60. The van der Waals surface area contributed by atoms with Gasteiger partial charge in [-0.3, -0.25) is 4.79 Å². The van der Waals surface area contributed by atoms with Crippen LogP contribution in [0.4, 0.5) is 0 Å². The third kappa shape index (κ3) is 3.40. The average Bonchev–Trinajstić information content (AvgIpc) is 2.97. The van der Waals surface area contributed by atoms with E-state index in [0.29, 0.717) is 0 Å². The van der Waals surface area contributed by atoms with Crippen LogP contribution in [0, 0.1) is 29.6 Å². The lowest BCUT2D eigenvalue weighted by atomic mass is 9.95. The first-order valence-corrected chi connectivity index (χ1v) is 7.88. The molecule has 2 heteroatoms. The molecule has 0 N–H and O–H groups in total. The van der Waals surface area contributed by atoms with Gasteiger partial charge in [0, 0.05) is 0 Å². The van der Waals surface area contributed by atoms with Gasteiger partial charge in [0.05, 0.1) is 5.92 Å². The molecule has 0 spiro atoms. The highest BCUT2D eigenvalue weighted by atomic mass is 16.5. The smallest absolute Gasteiger partial charge is 0.311 e. The first-order valence-electron chi connectivity index (χ1n) is 7.88. The number of hydrogen-bond acceptors (Lipinski definition) is 2. The second-order valence-corrected chi connectivity index (χ2v) is 7.08. The molecular weight excluding hydrogens is 260 g/mol. The quantitative estimate of drug-likeness (QED) is 0.438. The van der Waals surface area contributed by atoms with Gasteiger partial charge < -0.3 is 4.74 Å². The van der Waals surface area contributed by atoms with Crippen LogP contribution in [0.5, 0.6) is 0 Å². The van der Waals surface area contributed by atoms with Crippen LogP contribution in [0.1, 0.15) is 53.4 Å². The molecule has 2 aliphatic rings. The van der Waals surface area contributed by atoms with Crippen molar-refractivity contribution in [3.05, 3.63) is 23.3 Å². The van der Waals surface area contributed by atoms with Gasteiger partial charge in [-0.2, -0.15) is 0 Å². The van der Waals surface area contributed by atoms with Gasteiger partial charge in [0.25, 0.3) is 0 Å². The fraction of sp³-hybridized carbons (Fsp3) is 0.632. The number of ether oxygens (including phenoxy) is 1. The van der Waals surface area contributed by atoms with Crippen molar-refractivity contribution in [3.8, 4) is 12.3 Å². The monoisotopic (exact) mass is 286 g/mol. The van der Waals surface area contributed by atoms with Crippen molar-refractivity contribution in [3.63, 3.8) is 0 Å². The van der Waals surface area contributed by atoms with E-state index in [-0.39, 0.29) is 23.2 Å². The van der Waals surface area contributed by atoms with E-state index in [1.165, 1.54) is 12.0 Å². The Morgan fingerprint density at radius 3 is 2.71 bits per heavy atom. The zero-order valence-electron chi connectivity index (χ0n) is 13.6. The molecule has 0 aliphatic heterocycles. The molecule has 1 fully saturated rings. The summed E-state index contributed by atoms with van der Waals surface area (Å²) >= 11 is 0. The number of carbonyl (C=O) groups is 1. The van der Waals surface area contributed by atoms with Crippen molar-refractivity contribution in [2.45, 2.75) is 59.5 Å². The standard InChI is InChI=1S/C19H26O2/c1-6-16(14-10-8-7-9-11-14)21-18(20)17-15(12-13(2)3)19(17,4)5/h1,10,12,15-17H,7-9,11H2,2-5H3. The van der Waals surface area contributed by atoms with Crippen molar-refractivity contribution >= 4 is 5.97 Å². The molecule has 0 saturated heterocycles. The summed E-state index contributed by atoms with van der Waals surface area (Å²) < 4.78 is 5.64. The molecule has 1 saturated carbocycles. The zero-order chi connectivity index (χ0) is 15.6. The van der Waals surface area contributed by atoms with Crippen LogP contribution in [0.15, 0.2) is 23.3 Å². The lowest BCUT2D eigenvalue weighted by Crippen LogP contribution is -2.22. The van der Waals surface area contributed by atoms with E-state index in [1.807, 2.05) is 0 Å². The topological polar surface area (TPSA) is 26.3 Å². The van der Waals surface area contributed by atoms with Crippen LogP contribution < -0.4 is 0 Å². The number of terminal acetylenes is 1. The SMILES string of the molecule is C#CC(OC(=O)C1C(C=C(C)C)C1(C)C)C1=CCCCC1. The van der Waals surface area contributed by atoms with E-state index < -0.39 is 6.10 Å². The van der Waals surface area contributed by atoms with Crippen LogP contribution >= 0.6 is 0 Å². The molecular formula is C19H26O2. The van der Waals surface area contributed by atoms with E-state index in [2.05, 4.69) is 45.8 Å². The van der Waals surface area contributed by atoms with Gasteiger partial charge in [-0.05, 0) is 56.4 Å². The Hall–Kier alpha value is -1.49. The Kier molecular flexibility index (Phi) is 4.61. The molecule has 0 aromatic rings. The van der Waals surface area contributed by atoms with Gasteiger partial charge in [-0.1, -0.05) is 37.5 Å². The maximum atomic E-state index is 12.5. The molecule has 0 bridgehead atoms. The van der Waals surface area contributed by atoms with Gasteiger partial charge in [-0.25, -0.2) is 0 Å². The normalized spacial score (nSPS) is 27.9. The molecule has 21 heavy (non-hydrogen) atoms. The summed E-state index contributed by atoms with van der Waals surface area (Å²) in [6.07, 6.45) is 13.8. The summed E-state index contributed by atoms with van der Waals surface area (Å²) in [7, 11) is 0. The third-order valence-electron chi connectivity index (χ3n) is 4.73. The minimum Gasteiger partial charge on any atom is -0.444 e. The Bertz CT molecular complexity index is 512. The molecule has 2 rings (SSSR count). The number of hydrogen-bond donors (Lipinski definition) is 0. The molecule has 0 aromatic carbocycles. The first-order chi connectivity index (χ1) is 9.87. The Morgan fingerprint density at radius 2 is 2.19 bits per heavy atom. The molecule has 114 valence electrons. The highest BCUT2D eigenvalue weighted by molar-refractivity contribution is 5.79. The molecule has 2 nitrogen and oxygen atoms in total. The molecule has 2 aliphatic carbocycles. The Balaban J connectivity index is 2.03. The van der Waals surface area contributed by atoms with E-state index in [1.54, 1.807) is 0 Å². The Labute approximate surface area is 128 Å². The molecule has 0 aromatic heterocycles. The maximum absolute atomic E-state index is 12.5. The van der Waals surface area contributed by atoms with Crippen LogP contribution in [-0.2, 0) is 9.53 Å². The van der Waals surface area contributed by atoms with Crippen LogP contribution in [-0.4, -0.2) is 12.1 Å². The zero-order valence-corrected chi connectivity index (χ0v) is 13.6. The van der Waals surface area contributed by atoms with Gasteiger partial charge in [-0.15, -0.1) is 6.42 Å².